The van der Waals surface area contributed by atoms with Gasteiger partial charge in [-0.1, -0.05) is 25.5 Å². The molecule has 0 heterocycles. The Balaban J connectivity index is 0.00000312. The Hall–Kier alpha value is -0.940. The topological polar surface area (TPSA) is 60.2 Å². The summed E-state index contributed by atoms with van der Waals surface area (Å²) in [5.74, 6) is 2.10. The first-order valence-electron chi connectivity index (χ1n) is 8.90. The molecule has 0 radical (unpaired) electrons. The molecule has 2 atom stereocenters. The van der Waals surface area contributed by atoms with E-state index in [0.29, 0.717) is 18.2 Å². The van der Waals surface area contributed by atoms with Gasteiger partial charge in [-0.15, -0.1) is 24.0 Å². The van der Waals surface area contributed by atoms with E-state index in [0.717, 1.165) is 23.3 Å². The minimum atomic E-state index is 0. The maximum Gasteiger partial charge on any atom is 0.191 e. The molecule has 2 N–H and O–H groups in total. The second-order valence-electron chi connectivity index (χ2n) is 6.09. The standard InChI is InChI=1S/C19H28N4S.HI/c1-3-21-19(22-14-16-10-8-15(13-20)9-11-16)23-17-6-5-7-18(12-17)24-4-2;/h8-11,17-18H,3-7,12,14H2,1-2H3,(H2,21,22,23);1H. The van der Waals surface area contributed by atoms with Gasteiger partial charge in [-0.3, -0.25) is 0 Å². The van der Waals surface area contributed by atoms with Crippen molar-refractivity contribution in [2.45, 2.75) is 57.4 Å². The summed E-state index contributed by atoms with van der Waals surface area (Å²) < 4.78 is 0. The largest absolute Gasteiger partial charge is 0.357 e. The number of nitrogens with zero attached hydrogens (tertiary/aromatic N) is 2. The van der Waals surface area contributed by atoms with Crippen LogP contribution >= 0.6 is 35.7 Å². The highest BCUT2D eigenvalue weighted by Crippen LogP contribution is 2.28. The average molecular weight is 472 g/mol. The third kappa shape index (κ3) is 7.87. The van der Waals surface area contributed by atoms with Gasteiger partial charge >= 0.3 is 0 Å². The second kappa shape index (κ2) is 12.4. The predicted molar refractivity (Wildman–Crippen MR) is 119 cm³/mol. The SMILES string of the molecule is CCNC(=NCc1ccc(C#N)cc1)NC1CCCC(SCC)C1.I. The summed E-state index contributed by atoms with van der Waals surface area (Å²) in [6.45, 7) is 5.82. The van der Waals surface area contributed by atoms with Gasteiger partial charge in [0.15, 0.2) is 5.96 Å². The Morgan fingerprint density at radius 2 is 2.04 bits per heavy atom. The molecule has 25 heavy (non-hydrogen) atoms. The Morgan fingerprint density at radius 3 is 2.68 bits per heavy atom. The van der Waals surface area contributed by atoms with Crippen LogP contribution in [0.15, 0.2) is 29.3 Å². The molecule has 4 nitrogen and oxygen atoms in total. The zero-order valence-corrected chi connectivity index (χ0v) is 18.3. The Labute approximate surface area is 173 Å². The molecule has 1 saturated carbocycles. The fourth-order valence-corrected chi connectivity index (χ4v) is 4.20. The van der Waals surface area contributed by atoms with Crippen LogP contribution in [0.5, 0.6) is 0 Å². The number of nitriles is 1. The zero-order chi connectivity index (χ0) is 17.2. The minimum Gasteiger partial charge on any atom is -0.357 e. The van der Waals surface area contributed by atoms with Gasteiger partial charge in [-0.05, 0) is 49.6 Å². The maximum absolute atomic E-state index is 8.86. The van der Waals surface area contributed by atoms with Crippen molar-refractivity contribution in [1.82, 2.24) is 10.6 Å². The molecule has 0 aromatic heterocycles. The predicted octanol–water partition coefficient (Wildman–Crippen LogP) is 4.30. The monoisotopic (exact) mass is 472 g/mol. The molecule has 0 saturated heterocycles. The summed E-state index contributed by atoms with van der Waals surface area (Å²) in [6.07, 6.45) is 5.09. The van der Waals surface area contributed by atoms with Crippen molar-refractivity contribution >= 4 is 41.7 Å². The summed E-state index contributed by atoms with van der Waals surface area (Å²) in [5.41, 5.74) is 1.81. The van der Waals surface area contributed by atoms with Gasteiger partial charge in [0.2, 0.25) is 0 Å². The van der Waals surface area contributed by atoms with Crippen molar-refractivity contribution in [2.75, 3.05) is 12.3 Å². The number of thioether (sulfide) groups is 1. The smallest absolute Gasteiger partial charge is 0.191 e. The molecule has 2 unspecified atom stereocenters. The van der Waals surface area contributed by atoms with Crippen LogP contribution in [0.2, 0.25) is 0 Å². The maximum atomic E-state index is 8.86. The Morgan fingerprint density at radius 1 is 1.28 bits per heavy atom. The van der Waals surface area contributed by atoms with E-state index in [1.165, 1.54) is 31.4 Å². The molecule has 0 aliphatic heterocycles. The van der Waals surface area contributed by atoms with Gasteiger partial charge in [0, 0.05) is 17.8 Å². The molecular formula is C19H29IN4S. The van der Waals surface area contributed by atoms with E-state index in [-0.39, 0.29) is 24.0 Å². The number of rotatable bonds is 6. The van der Waals surface area contributed by atoms with Crippen LogP contribution in [0.3, 0.4) is 0 Å². The summed E-state index contributed by atoms with van der Waals surface area (Å²) in [6, 6.07) is 10.3. The van der Waals surface area contributed by atoms with Gasteiger partial charge in [0.1, 0.15) is 0 Å². The number of benzene rings is 1. The van der Waals surface area contributed by atoms with E-state index in [1.54, 1.807) is 0 Å². The van der Waals surface area contributed by atoms with Crippen LogP contribution in [0.25, 0.3) is 0 Å². The molecule has 6 heteroatoms. The van der Waals surface area contributed by atoms with Gasteiger partial charge in [-0.2, -0.15) is 17.0 Å². The molecule has 1 aromatic rings. The molecule has 1 aliphatic rings. The molecular weight excluding hydrogens is 443 g/mol. The lowest BCUT2D eigenvalue weighted by atomic mass is 9.95. The summed E-state index contributed by atoms with van der Waals surface area (Å²) >= 11 is 2.08. The molecule has 1 fully saturated rings. The number of halogens is 1. The summed E-state index contributed by atoms with van der Waals surface area (Å²) in [5, 5.41) is 16.6. The lowest BCUT2D eigenvalue weighted by Crippen LogP contribution is -2.45. The molecule has 0 spiro atoms. The summed E-state index contributed by atoms with van der Waals surface area (Å²) in [4.78, 5) is 4.71. The first-order chi connectivity index (χ1) is 11.7. The van der Waals surface area contributed by atoms with Crippen molar-refractivity contribution < 1.29 is 0 Å². The van der Waals surface area contributed by atoms with E-state index in [2.05, 4.69) is 42.3 Å². The molecule has 0 bridgehead atoms. The molecule has 1 aromatic carbocycles. The normalized spacial score (nSPS) is 20.3. The molecule has 138 valence electrons. The second-order valence-corrected chi connectivity index (χ2v) is 7.67. The van der Waals surface area contributed by atoms with Crippen molar-refractivity contribution in [3.05, 3.63) is 35.4 Å². The van der Waals surface area contributed by atoms with Crippen molar-refractivity contribution in [3.63, 3.8) is 0 Å². The third-order valence-corrected chi connectivity index (χ3v) is 5.45. The molecule has 0 amide bonds. The van der Waals surface area contributed by atoms with E-state index >= 15 is 0 Å². The van der Waals surface area contributed by atoms with Crippen molar-refractivity contribution in [3.8, 4) is 6.07 Å². The first kappa shape index (κ1) is 22.1. The molecule has 1 aliphatic carbocycles. The van der Waals surface area contributed by atoms with Gasteiger partial charge in [-0.25, -0.2) is 4.99 Å². The summed E-state index contributed by atoms with van der Waals surface area (Å²) in [7, 11) is 0. The Kier molecular flexibility index (Phi) is 11.0. The van der Waals surface area contributed by atoms with Crippen LogP contribution in [0, 0.1) is 11.3 Å². The van der Waals surface area contributed by atoms with Crippen LogP contribution in [0.4, 0.5) is 0 Å². The fourth-order valence-electron chi connectivity index (χ4n) is 3.03. The number of guanidine groups is 1. The van der Waals surface area contributed by atoms with Gasteiger partial charge < -0.3 is 10.6 Å². The third-order valence-electron chi connectivity index (χ3n) is 4.22. The number of hydrogen-bond acceptors (Lipinski definition) is 3. The van der Waals surface area contributed by atoms with Gasteiger partial charge in [0.05, 0.1) is 18.2 Å². The van der Waals surface area contributed by atoms with Gasteiger partial charge in [0.25, 0.3) is 0 Å². The Bertz CT molecular complexity index is 566. The van der Waals surface area contributed by atoms with Crippen molar-refractivity contribution in [1.29, 1.82) is 5.26 Å². The molecule has 2 rings (SSSR count). The minimum absolute atomic E-state index is 0. The highest BCUT2D eigenvalue weighted by atomic mass is 127. The van der Waals surface area contributed by atoms with E-state index in [9.17, 15) is 0 Å². The quantitative estimate of drug-likeness (QED) is 0.368. The average Bonchev–Trinajstić information content (AvgIpc) is 2.61. The van der Waals surface area contributed by atoms with Crippen LogP contribution in [-0.2, 0) is 6.54 Å². The van der Waals surface area contributed by atoms with Crippen LogP contribution in [-0.4, -0.2) is 29.5 Å². The van der Waals surface area contributed by atoms with E-state index in [4.69, 9.17) is 10.3 Å². The number of aliphatic imine (C=N–C) groups is 1. The zero-order valence-electron chi connectivity index (χ0n) is 15.1. The van der Waals surface area contributed by atoms with E-state index < -0.39 is 0 Å². The highest BCUT2D eigenvalue weighted by Gasteiger charge is 2.22. The lowest BCUT2D eigenvalue weighted by molar-refractivity contribution is 0.419. The number of hydrogen-bond donors (Lipinski definition) is 2. The van der Waals surface area contributed by atoms with Crippen molar-refractivity contribution in [2.24, 2.45) is 4.99 Å². The van der Waals surface area contributed by atoms with E-state index in [1.807, 2.05) is 24.3 Å². The first-order valence-corrected chi connectivity index (χ1v) is 9.95. The fraction of sp³-hybridized carbons (Fsp3) is 0.579. The van der Waals surface area contributed by atoms with Crippen LogP contribution < -0.4 is 10.6 Å². The van der Waals surface area contributed by atoms with Crippen LogP contribution in [0.1, 0.15) is 50.7 Å². The number of nitrogens with one attached hydrogen (secondary N) is 2. The highest BCUT2D eigenvalue weighted by molar-refractivity contribution is 14.0. The lowest BCUT2D eigenvalue weighted by Gasteiger charge is -2.30.